The first-order valence-corrected chi connectivity index (χ1v) is 3.30. The minimum atomic E-state index is 0. The van der Waals surface area contributed by atoms with E-state index >= 15 is 0 Å². The molecule has 0 saturated carbocycles. The molecule has 2 aromatic rings. The summed E-state index contributed by atoms with van der Waals surface area (Å²) in [6.07, 6.45) is 3.38. The Balaban J connectivity index is 0.000000720. The largest absolute Gasteiger partial charge is 0.383 e. The van der Waals surface area contributed by atoms with Crippen molar-refractivity contribution in [2.75, 3.05) is 5.73 Å². The second kappa shape index (κ2) is 2.81. The number of nitrogens with zero attached hydrogens (tertiary/aromatic N) is 3. The van der Waals surface area contributed by atoms with Crippen LogP contribution < -0.4 is 5.73 Å². The molecule has 0 bridgehead atoms. The Morgan fingerprint density at radius 1 is 1.42 bits per heavy atom. The molecule has 2 N–H and O–H groups in total. The van der Waals surface area contributed by atoms with E-state index < -0.39 is 0 Å². The molecule has 2 heterocycles. The Morgan fingerprint density at radius 3 is 2.83 bits per heavy atom. The summed E-state index contributed by atoms with van der Waals surface area (Å²) in [5.74, 6) is 0.538. The minimum Gasteiger partial charge on any atom is -0.383 e. The van der Waals surface area contributed by atoms with E-state index in [0.29, 0.717) is 5.82 Å². The molecule has 0 saturated heterocycles. The quantitative estimate of drug-likeness (QED) is 0.636. The molecule has 0 amide bonds. The van der Waals surface area contributed by atoms with Crippen molar-refractivity contribution in [3.63, 3.8) is 0 Å². The van der Waals surface area contributed by atoms with Gasteiger partial charge in [0.2, 0.25) is 0 Å². The van der Waals surface area contributed by atoms with Crippen LogP contribution in [0.4, 0.5) is 5.82 Å². The predicted octanol–water partition coefficient (Wildman–Crippen LogP) is 1.19. The van der Waals surface area contributed by atoms with Crippen LogP contribution in [0, 0.1) is 0 Å². The number of nitrogens with two attached hydrogens (primary N) is 1. The number of hydrogen-bond donors (Lipinski definition) is 1. The highest BCUT2D eigenvalue weighted by Gasteiger charge is 2.01. The summed E-state index contributed by atoms with van der Waals surface area (Å²) >= 11 is 0. The van der Waals surface area contributed by atoms with Crippen LogP contribution in [0.15, 0.2) is 18.6 Å². The molecule has 4 heteroatoms. The first-order chi connectivity index (χ1) is 5.29. The molecule has 2 rings (SSSR count). The van der Waals surface area contributed by atoms with Crippen molar-refractivity contribution >= 4 is 16.9 Å². The monoisotopic (exact) mass is 164 g/mol. The van der Waals surface area contributed by atoms with Crippen LogP contribution >= 0.6 is 0 Å². The molecule has 0 aliphatic heterocycles. The van der Waals surface area contributed by atoms with Crippen molar-refractivity contribution in [2.24, 2.45) is 7.05 Å². The average Bonchev–Trinajstić information content (AvgIpc) is 2.35. The number of aryl methyl sites for hydroxylation is 1. The fraction of sp³-hybridized carbons (Fsp3) is 0.250. The Kier molecular flexibility index (Phi) is 1.99. The predicted molar refractivity (Wildman–Crippen MR) is 49.7 cm³/mol. The Bertz CT molecular complexity index is 391. The number of aromatic nitrogens is 3. The normalized spacial score (nSPS) is 9.75. The maximum absolute atomic E-state index is 5.61. The molecule has 12 heavy (non-hydrogen) atoms. The summed E-state index contributed by atoms with van der Waals surface area (Å²) in [4.78, 5) is 7.95. The molecular weight excluding hydrogens is 152 g/mol. The maximum atomic E-state index is 5.61. The van der Waals surface area contributed by atoms with Gasteiger partial charge in [-0.2, -0.15) is 0 Å². The first kappa shape index (κ1) is 8.52. The Labute approximate surface area is 71.0 Å². The number of fused-ring (bicyclic) bond motifs is 1. The lowest BCUT2D eigenvalue weighted by Crippen LogP contribution is -1.93. The number of nitrogen functional groups attached to an aromatic ring is 1. The fourth-order valence-corrected chi connectivity index (χ4v) is 1.10. The molecule has 0 unspecified atom stereocenters. The van der Waals surface area contributed by atoms with Gasteiger partial charge in [-0.05, 0) is 6.07 Å². The van der Waals surface area contributed by atoms with Gasteiger partial charge in [-0.25, -0.2) is 9.97 Å². The molecule has 4 nitrogen and oxygen atoms in total. The lowest BCUT2D eigenvalue weighted by Gasteiger charge is -1.94. The smallest absolute Gasteiger partial charge is 0.145 e. The fourth-order valence-electron chi connectivity index (χ4n) is 1.10. The summed E-state index contributed by atoms with van der Waals surface area (Å²) in [7, 11) is 1.93. The first-order valence-electron chi connectivity index (χ1n) is 3.30. The molecule has 0 aromatic carbocycles. The number of rotatable bonds is 0. The molecule has 2 aromatic heterocycles. The third-order valence-corrected chi connectivity index (χ3v) is 1.69. The van der Waals surface area contributed by atoms with Crippen molar-refractivity contribution in [3.8, 4) is 0 Å². The van der Waals surface area contributed by atoms with Crippen LogP contribution in [0.1, 0.15) is 7.43 Å². The van der Waals surface area contributed by atoms with Gasteiger partial charge in [-0.15, -0.1) is 0 Å². The summed E-state index contributed by atoms with van der Waals surface area (Å²) in [6, 6.07) is 1.91. The molecule has 0 aliphatic carbocycles. The summed E-state index contributed by atoms with van der Waals surface area (Å²) in [5.41, 5.74) is 6.48. The van der Waals surface area contributed by atoms with Gasteiger partial charge in [0.05, 0.1) is 5.39 Å². The van der Waals surface area contributed by atoms with Crippen molar-refractivity contribution in [1.29, 1.82) is 0 Å². The molecule has 64 valence electrons. The maximum Gasteiger partial charge on any atom is 0.145 e. The average molecular weight is 164 g/mol. The second-order valence-corrected chi connectivity index (χ2v) is 2.42. The van der Waals surface area contributed by atoms with Gasteiger partial charge in [0, 0.05) is 13.2 Å². The van der Waals surface area contributed by atoms with Crippen LogP contribution in [-0.4, -0.2) is 14.5 Å². The van der Waals surface area contributed by atoms with E-state index in [-0.39, 0.29) is 7.43 Å². The summed E-state index contributed by atoms with van der Waals surface area (Å²) < 4.78 is 1.91. The van der Waals surface area contributed by atoms with Crippen molar-refractivity contribution in [2.45, 2.75) is 7.43 Å². The van der Waals surface area contributed by atoms with E-state index in [0.717, 1.165) is 11.0 Å². The third-order valence-electron chi connectivity index (χ3n) is 1.69. The summed E-state index contributed by atoms with van der Waals surface area (Å²) in [5, 5.41) is 0.912. The van der Waals surface area contributed by atoms with Gasteiger partial charge in [0.15, 0.2) is 0 Å². The molecule has 0 radical (unpaired) electrons. The van der Waals surface area contributed by atoms with E-state index in [1.807, 2.05) is 23.9 Å². The van der Waals surface area contributed by atoms with Crippen molar-refractivity contribution in [1.82, 2.24) is 14.5 Å². The lowest BCUT2D eigenvalue weighted by atomic mass is 10.4. The summed E-state index contributed by atoms with van der Waals surface area (Å²) in [6.45, 7) is 0. The van der Waals surface area contributed by atoms with Gasteiger partial charge in [-0.3, -0.25) is 0 Å². The van der Waals surface area contributed by atoms with Crippen LogP contribution in [0.5, 0.6) is 0 Å². The van der Waals surface area contributed by atoms with Gasteiger partial charge >= 0.3 is 0 Å². The van der Waals surface area contributed by atoms with Crippen LogP contribution in [0.25, 0.3) is 11.0 Å². The second-order valence-electron chi connectivity index (χ2n) is 2.42. The highest BCUT2D eigenvalue weighted by Crippen LogP contribution is 2.15. The molecule has 0 aliphatic rings. The number of hydrogen-bond acceptors (Lipinski definition) is 3. The van der Waals surface area contributed by atoms with Gasteiger partial charge in [-0.1, -0.05) is 7.43 Å². The van der Waals surface area contributed by atoms with Crippen LogP contribution in [-0.2, 0) is 7.05 Å². The SMILES string of the molecule is C.Cn1ccc2c(N)ncnc21. The highest BCUT2D eigenvalue weighted by atomic mass is 15.0. The van der Waals surface area contributed by atoms with E-state index in [2.05, 4.69) is 9.97 Å². The molecular formula is C8H12N4. The third kappa shape index (κ3) is 1.01. The Hall–Kier alpha value is -1.58. The molecule has 0 fully saturated rings. The zero-order chi connectivity index (χ0) is 7.84. The van der Waals surface area contributed by atoms with Gasteiger partial charge in [0.1, 0.15) is 17.8 Å². The zero-order valence-electron chi connectivity index (χ0n) is 6.15. The van der Waals surface area contributed by atoms with Gasteiger partial charge < -0.3 is 10.3 Å². The topological polar surface area (TPSA) is 56.7 Å². The van der Waals surface area contributed by atoms with E-state index in [4.69, 9.17) is 5.73 Å². The highest BCUT2D eigenvalue weighted by molar-refractivity contribution is 5.85. The molecule has 0 spiro atoms. The van der Waals surface area contributed by atoms with Crippen LogP contribution in [0.3, 0.4) is 0 Å². The van der Waals surface area contributed by atoms with Gasteiger partial charge in [0.25, 0.3) is 0 Å². The van der Waals surface area contributed by atoms with E-state index in [9.17, 15) is 0 Å². The van der Waals surface area contributed by atoms with Crippen LogP contribution in [0.2, 0.25) is 0 Å². The standard InChI is InChI=1S/C7H8N4.CH4/c1-11-3-2-5-6(8)9-4-10-7(5)11;/h2-4H,1H3,(H2,8,9,10);1H4. The van der Waals surface area contributed by atoms with E-state index in [1.54, 1.807) is 0 Å². The van der Waals surface area contributed by atoms with Crippen molar-refractivity contribution in [3.05, 3.63) is 18.6 Å². The minimum absolute atomic E-state index is 0. The molecule has 0 atom stereocenters. The number of anilines is 1. The van der Waals surface area contributed by atoms with E-state index in [1.165, 1.54) is 6.33 Å². The Morgan fingerprint density at radius 2 is 2.17 bits per heavy atom. The van der Waals surface area contributed by atoms with Crippen molar-refractivity contribution < 1.29 is 0 Å². The zero-order valence-corrected chi connectivity index (χ0v) is 6.15. The lowest BCUT2D eigenvalue weighted by molar-refractivity contribution is 0.944.